The summed E-state index contributed by atoms with van der Waals surface area (Å²) in [5.74, 6) is -1.14. The van der Waals surface area contributed by atoms with Gasteiger partial charge >= 0.3 is 18.2 Å². The number of carbonyl (C=O) groups is 4. The zero-order chi connectivity index (χ0) is 24.0. The van der Waals surface area contributed by atoms with E-state index in [4.69, 9.17) is 9.47 Å². The second-order valence-electron chi connectivity index (χ2n) is 7.98. The van der Waals surface area contributed by atoms with Crippen LogP contribution in [0.1, 0.15) is 45.6 Å². The monoisotopic (exact) mass is 451 g/mol. The average Bonchev–Trinajstić information content (AvgIpc) is 2.74. The third-order valence-electron chi connectivity index (χ3n) is 4.04. The number of methoxy groups -OCH3 is 1. The van der Waals surface area contributed by atoms with Crippen LogP contribution in [0.25, 0.3) is 0 Å². The molecule has 3 amide bonds. The Balaban J connectivity index is 2.41. The molecule has 0 spiro atoms. The van der Waals surface area contributed by atoms with E-state index in [1.807, 2.05) is 30.3 Å². The van der Waals surface area contributed by atoms with Crippen molar-refractivity contribution in [2.75, 3.05) is 20.2 Å². The minimum absolute atomic E-state index is 0.176. The summed E-state index contributed by atoms with van der Waals surface area (Å²) in [4.78, 5) is 47.5. The number of benzene rings is 1. The van der Waals surface area contributed by atoms with Crippen LogP contribution in [0.2, 0.25) is 0 Å². The first-order valence-corrected chi connectivity index (χ1v) is 10.4. The molecule has 0 aromatic heterocycles. The van der Waals surface area contributed by atoms with Crippen molar-refractivity contribution in [3.8, 4) is 0 Å². The number of unbranched alkanes of at least 4 members (excludes halogenated alkanes) is 1. The maximum absolute atomic E-state index is 12.4. The van der Waals surface area contributed by atoms with Gasteiger partial charge in [-0.1, -0.05) is 30.3 Å². The van der Waals surface area contributed by atoms with Gasteiger partial charge in [-0.05, 0) is 45.6 Å². The van der Waals surface area contributed by atoms with Gasteiger partial charge in [-0.2, -0.15) is 0 Å². The lowest BCUT2D eigenvalue weighted by atomic mass is 10.1. The van der Waals surface area contributed by atoms with E-state index in [2.05, 4.69) is 20.7 Å². The quantitative estimate of drug-likeness (QED) is 0.267. The van der Waals surface area contributed by atoms with Crippen molar-refractivity contribution in [2.24, 2.45) is 0 Å². The predicted molar refractivity (Wildman–Crippen MR) is 117 cm³/mol. The predicted octanol–water partition coefficient (Wildman–Crippen LogP) is 2.27. The number of esters is 1. The maximum Gasteiger partial charge on any atom is 0.408 e. The van der Waals surface area contributed by atoms with E-state index in [1.165, 1.54) is 7.11 Å². The van der Waals surface area contributed by atoms with E-state index in [1.54, 1.807) is 20.8 Å². The first kappa shape index (κ1) is 26.7. The lowest BCUT2D eigenvalue weighted by molar-refractivity contribution is -0.141. The van der Waals surface area contributed by atoms with Gasteiger partial charge < -0.3 is 30.2 Å². The first-order chi connectivity index (χ1) is 15.1. The van der Waals surface area contributed by atoms with Gasteiger partial charge in [-0.3, -0.25) is 9.59 Å². The Kier molecular flexibility index (Phi) is 11.6. The molecule has 0 heterocycles. The Hall–Kier alpha value is -3.30. The van der Waals surface area contributed by atoms with Gasteiger partial charge in [-0.15, -0.1) is 0 Å². The first-order valence-electron chi connectivity index (χ1n) is 10.4. The zero-order valence-electron chi connectivity index (χ0n) is 19.1. The van der Waals surface area contributed by atoms with E-state index < -0.39 is 35.7 Å². The van der Waals surface area contributed by atoms with Crippen molar-refractivity contribution in [1.29, 1.82) is 0 Å². The zero-order valence-corrected chi connectivity index (χ0v) is 19.1. The summed E-state index contributed by atoms with van der Waals surface area (Å²) in [6.45, 7) is 5.34. The summed E-state index contributed by atoms with van der Waals surface area (Å²) in [6, 6.07) is 8.41. The highest BCUT2D eigenvalue weighted by molar-refractivity contribution is 5.88. The van der Waals surface area contributed by atoms with Crippen LogP contribution in [0.5, 0.6) is 0 Å². The number of rotatable bonds is 11. The number of hydrogen-bond acceptors (Lipinski definition) is 7. The van der Waals surface area contributed by atoms with Gasteiger partial charge in [0, 0.05) is 6.54 Å². The Labute approximate surface area is 188 Å². The van der Waals surface area contributed by atoms with Crippen molar-refractivity contribution in [1.82, 2.24) is 16.0 Å². The number of ether oxygens (including phenoxy) is 3. The van der Waals surface area contributed by atoms with Gasteiger partial charge in [0.1, 0.15) is 24.8 Å². The molecule has 0 saturated carbocycles. The smallest absolute Gasteiger partial charge is 0.408 e. The van der Waals surface area contributed by atoms with Gasteiger partial charge in [-0.25, -0.2) is 9.59 Å². The summed E-state index contributed by atoms with van der Waals surface area (Å²) >= 11 is 0. The lowest BCUT2D eigenvalue weighted by Crippen LogP contribution is -2.49. The topological polar surface area (TPSA) is 132 Å². The SMILES string of the molecule is COC(=O)CNC(=O)[C@H](CCCCNC(=O)OCc1ccccc1)NC(=O)OC(C)(C)C. The van der Waals surface area contributed by atoms with Crippen LogP contribution in [-0.2, 0) is 30.4 Å². The van der Waals surface area contributed by atoms with Crippen LogP contribution in [0.4, 0.5) is 9.59 Å². The Morgan fingerprint density at radius 1 is 0.969 bits per heavy atom. The van der Waals surface area contributed by atoms with E-state index in [0.717, 1.165) is 5.56 Å². The molecular formula is C22H33N3O7. The molecule has 0 saturated heterocycles. The molecule has 1 aromatic rings. The number of alkyl carbamates (subject to hydrolysis) is 2. The molecule has 0 unspecified atom stereocenters. The number of carbonyl (C=O) groups excluding carboxylic acids is 4. The van der Waals surface area contributed by atoms with Crippen LogP contribution in [0, 0.1) is 0 Å². The molecule has 0 bridgehead atoms. The number of hydrogen-bond donors (Lipinski definition) is 3. The molecule has 0 radical (unpaired) electrons. The fraction of sp³-hybridized carbons (Fsp3) is 0.545. The third-order valence-corrected chi connectivity index (χ3v) is 4.04. The van der Waals surface area contributed by atoms with E-state index in [9.17, 15) is 19.2 Å². The van der Waals surface area contributed by atoms with Crippen molar-refractivity contribution in [3.05, 3.63) is 35.9 Å². The Morgan fingerprint density at radius 2 is 1.66 bits per heavy atom. The van der Waals surface area contributed by atoms with Crippen LogP contribution >= 0.6 is 0 Å². The fourth-order valence-corrected chi connectivity index (χ4v) is 2.51. The van der Waals surface area contributed by atoms with Gasteiger partial charge in [0.2, 0.25) is 5.91 Å². The Morgan fingerprint density at radius 3 is 2.28 bits per heavy atom. The fourth-order valence-electron chi connectivity index (χ4n) is 2.51. The van der Waals surface area contributed by atoms with Crippen molar-refractivity contribution < 1.29 is 33.4 Å². The van der Waals surface area contributed by atoms with E-state index in [0.29, 0.717) is 19.4 Å². The van der Waals surface area contributed by atoms with Crippen LogP contribution in [0.15, 0.2) is 30.3 Å². The summed E-state index contributed by atoms with van der Waals surface area (Å²) in [5, 5.41) is 7.58. The van der Waals surface area contributed by atoms with Crippen LogP contribution in [0.3, 0.4) is 0 Å². The summed E-state index contributed by atoms with van der Waals surface area (Å²) in [5.41, 5.74) is 0.165. The molecule has 0 aliphatic rings. The molecule has 3 N–H and O–H groups in total. The third kappa shape index (κ3) is 12.4. The maximum atomic E-state index is 12.4. The lowest BCUT2D eigenvalue weighted by Gasteiger charge is -2.23. The van der Waals surface area contributed by atoms with Crippen LogP contribution in [-0.4, -0.2) is 55.9 Å². The normalized spacial score (nSPS) is 11.6. The minimum Gasteiger partial charge on any atom is -0.468 e. The molecule has 1 rings (SSSR count). The molecule has 178 valence electrons. The van der Waals surface area contributed by atoms with Crippen molar-refractivity contribution >= 4 is 24.1 Å². The van der Waals surface area contributed by atoms with E-state index in [-0.39, 0.29) is 19.6 Å². The minimum atomic E-state index is -0.903. The Bertz CT molecular complexity index is 748. The second-order valence-corrected chi connectivity index (χ2v) is 7.98. The molecular weight excluding hydrogens is 418 g/mol. The number of nitrogens with one attached hydrogen (secondary N) is 3. The highest BCUT2D eigenvalue weighted by Gasteiger charge is 2.24. The van der Waals surface area contributed by atoms with Crippen molar-refractivity contribution in [3.63, 3.8) is 0 Å². The molecule has 32 heavy (non-hydrogen) atoms. The average molecular weight is 452 g/mol. The highest BCUT2D eigenvalue weighted by Crippen LogP contribution is 2.08. The molecule has 10 heteroatoms. The molecule has 1 atom stereocenters. The molecule has 10 nitrogen and oxygen atoms in total. The molecule has 0 aliphatic carbocycles. The van der Waals surface area contributed by atoms with Crippen LogP contribution < -0.4 is 16.0 Å². The summed E-state index contributed by atoms with van der Waals surface area (Å²) in [6.07, 6.45) is 0.0846. The van der Waals surface area contributed by atoms with E-state index >= 15 is 0 Å². The summed E-state index contributed by atoms with van der Waals surface area (Å²) in [7, 11) is 1.21. The van der Waals surface area contributed by atoms with Gasteiger partial charge in [0.25, 0.3) is 0 Å². The molecule has 0 aliphatic heterocycles. The largest absolute Gasteiger partial charge is 0.468 e. The molecule has 1 aromatic carbocycles. The van der Waals surface area contributed by atoms with Gasteiger partial charge in [0.05, 0.1) is 7.11 Å². The second kappa shape index (κ2) is 13.9. The highest BCUT2D eigenvalue weighted by atomic mass is 16.6. The standard InChI is InChI=1S/C22H33N3O7/c1-22(2,3)32-21(29)25-17(19(27)24-14-18(26)30-4)12-8-9-13-23-20(28)31-15-16-10-6-5-7-11-16/h5-7,10-11,17H,8-9,12-15H2,1-4H3,(H,23,28)(H,24,27)(H,25,29)/t17-/m0/s1. The van der Waals surface area contributed by atoms with Gasteiger partial charge in [0.15, 0.2) is 0 Å². The summed E-state index contributed by atoms with van der Waals surface area (Å²) < 4.78 is 14.8. The molecule has 0 fully saturated rings. The van der Waals surface area contributed by atoms with Crippen molar-refractivity contribution in [2.45, 2.75) is 58.3 Å². The number of amides is 3.